The van der Waals surface area contributed by atoms with Crippen molar-refractivity contribution in [2.45, 2.75) is 31.8 Å². The van der Waals surface area contributed by atoms with Gasteiger partial charge in [0, 0.05) is 26.2 Å². The molecule has 3 heteroatoms. The summed E-state index contributed by atoms with van der Waals surface area (Å²) in [5.41, 5.74) is 0. The fourth-order valence-electron chi connectivity index (χ4n) is 2.32. The van der Waals surface area contributed by atoms with Gasteiger partial charge in [0.1, 0.15) is 0 Å². The van der Waals surface area contributed by atoms with E-state index < -0.39 is 0 Å². The first-order valence-electron chi connectivity index (χ1n) is 5.65. The van der Waals surface area contributed by atoms with Crippen molar-refractivity contribution in [2.75, 3.05) is 32.7 Å². The van der Waals surface area contributed by atoms with Gasteiger partial charge in [-0.15, -0.1) is 0 Å². The van der Waals surface area contributed by atoms with Gasteiger partial charge < -0.3 is 10.6 Å². The van der Waals surface area contributed by atoms with Gasteiger partial charge in [0.2, 0.25) is 0 Å². The highest BCUT2D eigenvalue weighted by Crippen LogP contribution is 2.12. The first-order chi connectivity index (χ1) is 6.47. The Labute approximate surface area is 80.9 Å². The Morgan fingerprint density at radius 1 is 0.923 bits per heavy atom. The number of hydrogen-bond donors (Lipinski definition) is 2. The van der Waals surface area contributed by atoms with E-state index in [1.165, 1.54) is 45.3 Å². The van der Waals surface area contributed by atoms with Crippen molar-refractivity contribution in [1.82, 2.24) is 15.5 Å². The quantitative estimate of drug-likeness (QED) is 0.615. The van der Waals surface area contributed by atoms with Crippen LogP contribution in [0.15, 0.2) is 0 Å². The first kappa shape index (κ1) is 9.44. The van der Waals surface area contributed by atoms with E-state index in [2.05, 4.69) is 15.5 Å². The van der Waals surface area contributed by atoms with Crippen LogP contribution in [0.3, 0.4) is 0 Å². The minimum Gasteiger partial charge on any atom is -0.314 e. The lowest BCUT2D eigenvalue weighted by atomic mass is 10.2. The van der Waals surface area contributed by atoms with Crippen molar-refractivity contribution in [1.29, 1.82) is 0 Å². The number of rotatable bonds is 1. The first-order valence-corrected chi connectivity index (χ1v) is 5.65. The average Bonchev–Trinajstić information content (AvgIpc) is 2.47. The molecule has 76 valence electrons. The van der Waals surface area contributed by atoms with E-state index in [0.29, 0.717) is 6.17 Å². The van der Waals surface area contributed by atoms with Crippen molar-refractivity contribution in [3.8, 4) is 0 Å². The van der Waals surface area contributed by atoms with Crippen molar-refractivity contribution in [3.63, 3.8) is 0 Å². The van der Waals surface area contributed by atoms with Crippen molar-refractivity contribution in [2.24, 2.45) is 0 Å². The maximum atomic E-state index is 3.65. The van der Waals surface area contributed by atoms with Gasteiger partial charge in [-0.1, -0.05) is 12.8 Å². The third kappa shape index (κ3) is 2.66. The second kappa shape index (κ2) is 4.94. The lowest BCUT2D eigenvalue weighted by Crippen LogP contribution is -2.53. The van der Waals surface area contributed by atoms with Crippen LogP contribution in [-0.2, 0) is 0 Å². The summed E-state index contributed by atoms with van der Waals surface area (Å²) in [5, 5.41) is 7.05. The van der Waals surface area contributed by atoms with E-state index in [-0.39, 0.29) is 0 Å². The van der Waals surface area contributed by atoms with E-state index >= 15 is 0 Å². The fraction of sp³-hybridized carbons (Fsp3) is 1.00. The molecule has 0 aromatic carbocycles. The molecule has 0 aromatic heterocycles. The standard InChI is InChI=1S/C10H21N3/c1-2-4-10(12-5-3-1)13-8-6-11-7-9-13/h10-12H,1-9H2. The Morgan fingerprint density at radius 2 is 1.77 bits per heavy atom. The SMILES string of the molecule is C1CCNC(N2CCNCC2)CC1. The molecule has 0 radical (unpaired) electrons. The summed E-state index contributed by atoms with van der Waals surface area (Å²) >= 11 is 0. The van der Waals surface area contributed by atoms with Crippen LogP contribution < -0.4 is 10.6 Å². The molecule has 2 rings (SSSR count). The minimum absolute atomic E-state index is 0.671. The number of piperazine rings is 1. The van der Waals surface area contributed by atoms with Crippen molar-refractivity contribution >= 4 is 0 Å². The number of hydrogen-bond acceptors (Lipinski definition) is 3. The molecule has 2 aliphatic heterocycles. The summed E-state index contributed by atoms with van der Waals surface area (Å²) in [5.74, 6) is 0. The summed E-state index contributed by atoms with van der Waals surface area (Å²) in [7, 11) is 0. The lowest BCUT2D eigenvalue weighted by Gasteiger charge is -2.34. The largest absolute Gasteiger partial charge is 0.314 e. The Balaban J connectivity index is 1.82. The third-order valence-corrected chi connectivity index (χ3v) is 3.13. The van der Waals surface area contributed by atoms with Crippen LogP contribution >= 0.6 is 0 Å². The zero-order valence-electron chi connectivity index (χ0n) is 8.39. The summed E-state index contributed by atoms with van der Waals surface area (Å²) < 4.78 is 0. The van der Waals surface area contributed by atoms with Crippen LogP contribution in [-0.4, -0.2) is 43.8 Å². The Morgan fingerprint density at radius 3 is 2.62 bits per heavy atom. The van der Waals surface area contributed by atoms with Crippen molar-refractivity contribution < 1.29 is 0 Å². The predicted octanol–water partition coefficient (Wildman–Crippen LogP) is 0.381. The maximum absolute atomic E-state index is 3.65. The molecule has 2 fully saturated rings. The molecule has 0 spiro atoms. The Hall–Kier alpha value is -0.120. The van der Waals surface area contributed by atoms with E-state index in [9.17, 15) is 0 Å². The van der Waals surface area contributed by atoms with E-state index in [0.717, 1.165) is 13.1 Å². The normalized spacial score (nSPS) is 32.8. The zero-order chi connectivity index (χ0) is 8.93. The smallest absolute Gasteiger partial charge is 0.0597 e. The minimum atomic E-state index is 0.671. The van der Waals surface area contributed by atoms with Crippen LogP contribution in [0.5, 0.6) is 0 Å². The van der Waals surface area contributed by atoms with Crippen molar-refractivity contribution in [3.05, 3.63) is 0 Å². The molecule has 1 atom stereocenters. The van der Waals surface area contributed by atoms with Gasteiger partial charge in [-0.25, -0.2) is 0 Å². The molecule has 0 aromatic rings. The maximum Gasteiger partial charge on any atom is 0.0597 e. The monoisotopic (exact) mass is 183 g/mol. The van der Waals surface area contributed by atoms with Crippen LogP contribution in [0.1, 0.15) is 25.7 Å². The summed E-state index contributed by atoms with van der Waals surface area (Å²) in [4.78, 5) is 2.60. The lowest BCUT2D eigenvalue weighted by molar-refractivity contribution is 0.142. The van der Waals surface area contributed by atoms with Crippen LogP contribution in [0.25, 0.3) is 0 Å². The molecule has 0 saturated carbocycles. The molecule has 2 heterocycles. The number of nitrogens with zero attached hydrogens (tertiary/aromatic N) is 1. The Bertz CT molecular complexity index is 135. The summed E-state index contributed by atoms with van der Waals surface area (Å²) in [6, 6.07) is 0. The second-order valence-electron chi connectivity index (χ2n) is 4.11. The third-order valence-electron chi connectivity index (χ3n) is 3.13. The zero-order valence-corrected chi connectivity index (χ0v) is 8.39. The molecule has 0 amide bonds. The van der Waals surface area contributed by atoms with Gasteiger partial charge in [0.25, 0.3) is 0 Å². The molecule has 1 unspecified atom stereocenters. The van der Waals surface area contributed by atoms with Gasteiger partial charge in [-0.05, 0) is 19.4 Å². The second-order valence-corrected chi connectivity index (χ2v) is 4.11. The fourth-order valence-corrected chi connectivity index (χ4v) is 2.32. The van der Waals surface area contributed by atoms with Gasteiger partial charge in [0.05, 0.1) is 6.17 Å². The molecule has 2 aliphatic rings. The molecule has 2 N–H and O–H groups in total. The molecular formula is C10H21N3. The molecule has 0 bridgehead atoms. The molecular weight excluding hydrogens is 162 g/mol. The van der Waals surface area contributed by atoms with Crippen LogP contribution in [0.2, 0.25) is 0 Å². The van der Waals surface area contributed by atoms with Gasteiger partial charge in [0.15, 0.2) is 0 Å². The van der Waals surface area contributed by atoms with Gasteiger partial charge in [-0.3, -0.25) is 4.90 Å². The Kier molecular flexibility index (Phi) is 3.58. The van der Waals surface area contributed by atoms with Crippen LogP contribution in [0, 0.1) is 0 Å². The van der Waals surface area contributed by atoms with E-state index in [4.69, 9.17) is 0 Å². The van der Waals surface area contributed by atoms with Crippen LogP contribution in [0.4, 0.5) is 0 Å². The highest BCUT2D eigenvalue weighted by atomic mass is 15.3. The summed E-state index contributed by atoms with van der Waals surface area (Å²) in [6.07, 6.45) is 6.20. The summed E-state index contributed by atoms with van der Waals surface area (Å²) in [6.45, 7) is 5.99. The molecule has 0 aliphatic carbocycles. The van der Waals surface area contributed by atoms with E-state index in [1.54, 1.807) is 0 Å². The van der Waals surface area contributed by atoms with Gasteiger partial charge >= 0.3 is 0 Å². The molecule has 13 heavy (non-hydrogen) atoms. The molecule has 2 saturated heterocycles. The highest BCUT2D eigenvalue weighted by molar-refractivity contribution is 4.76. The average molecular weight is 183 g/mol. The highest BCUT2D eigenvalue weighted by Gasteiger charge is 2.20. The van der Waals surface area contributed by atoms with E-state index in [1.807, 2.05) is 0 Å². The number of nitrogens with one attached hydrogen (secondary N) is 2. The van der Waals surface area contributed by atoms with Gasteiger partial charge in [-0.2, -0.15) is 0 Å². The molecule has 3 nitrogen and oxygen atoms in total. The topological polar surface area (TPSA) is 27.3 Å². The predicted molar refractivity (Wildman–Crippen MR) is 54.7 cm³/mol.